The lowest BCUT2D eigenvalue weighted by Gasteiger charge is -2.01. The topological polar surface area (TPSA) is 54.9 Å². The number of carbonyl (C=O) groups excluding carboxylic acids is 1. The molecule has 112 valence electrons. The van der Waals surface area contributed by atoms with Crippen LogP contribution in [0.15, 0.2) is 29.2 Å². The summed E-state index contributed by atoms with van der Waals surface area (Å²) in [5.41, 5.74) is 1.28. The standard InChI is InChI=1S/C14H16ClN3OS2/c1-10-4-6-11(7-5-10)20-8-2-3-13-17-18-14(21-13)16-12(19)9-15/h4-7H,2-3,8-9H2,1H3,(H,16,18,19). The van der Waals surface area contributed by atoms with Gasteiger partial charge in [-0.25, -0.2) is 0 Å². The number of aryl methyl sites for hydroxylation is 2. The van der Waals surface area contributed by atoms with E-state index in [9.17, 15) is 4.79 Å². The fourth-order valence-electron chi connectivity index (χ4n) is 1.61. The largest absolute Gasteiger partial charge is 0.299 e. The second kappa shape index (κ2) is 8.36. The molecule has 21 heavy (non-hydrogen) atoms. The van der Waals surface area contributed by atoms with Gasteiger partial charge in [-0.2, -0.15) is 0 Å². The van der Waals surface area contributed by atoms with Gasteiger partial charge in [0.05, 0.1) is 0 Å². The molecule has 2 aromatic rings. The number of nitrogens with one attached hydrogen (secondary N) is 1. The van der Waals surface area contributed by atoms with Gasteiger partial charge in [-0.1, -0.05) is 29.0 Å². The van der Waals surface area contributed by atoms with Gasteiger partial charge < -0.3 is 0 Å². The number of thioether (sulfide) groups is 1. The Hall–Kier alpha value is -1.11. The number of amides is 1. The minimum absolute atomic E-state index is 0.0674. The van der Waals surface area contributed by atoms with Crippen LogP contribution in [0.5, 0.6) is 0 Å². The van der Waals surface area contributed by atoms with E-state index in [-0.39, 0.29) is 11.8 Å². The first-order valence-corrected chi connectivity index (χ1v) is 8.88. The molecule has 2 rings (SSSR count). The van der Waals surface area contributed by atoms with Gasteiger partial charge in [-0.05, 0) is 31.2 Å². The van der Waals surface area contributed by atoms with E-state index in [0.29, 0.717) is 5.13 Å². The molecule has 0 atom stereocenters. The zero-order valence-electron chi connectivity index (χ0n) is 11.6. The molecule has 1 heterocycles. The highest BCUT2D eigenvalue weighted by Crippen LogP contribution is 2.21. The molecule has 1 aromatic carbocycles. The maximum Gasteiger partial charge on any atom is 0.241 e. The molecule has 0 aliphatic carbocycles. The van der Waals surface area contributed by atoms with Crippen molar-refractivity contribution >= 4 is 45.7 Å². The van der Waals surface area contributed by atoms with Crippen LogP contribution in [0.4, 0.5) is 5.13 Å². The fraction of sp³-hybridized carbons (Fsp3) is 0.357. The summed E-state index contributed by atoms with van der Waals surface area (Å²) in [6, 6.07) is 8.54. The zero-order chi connectivity index (χ0) is 15.1. The Balaban J connectivity index is 1.71. The fourth-order valence-corrected chi connectivity index (χ4v) is 3.32. The predicted octanol–water partition coefficient (Wildman–Crippen LogP) is 3.75. The first kappa shape index (κ1) is 16.3. The SMILES string of the molecule is Cc1ccc(SCCCc2nnc(NC(=O)CCl)s2)cc1. The second-order valence-electron chi connectivity index (χ2n) is 4.45. The lowest BCUT2D eigenvalue weighted by Crippen LogP contribution is -2.12. The van der Waals surface area contributed by atoms with Crippen LogP contribution in [0.2, 0.25) is 0 Å². The first-order valence-electron chi connectivity index (χ1n) is 6.55. The van der Waals surface area contributed by atoms with E-state index in [2.05, 4.69) is 46.7 Å². The molecule has 0 radical (unpaired) electrons. The molecule has 4 nitrogen and oxygen atoms in total. The molecule has 0 fully saturated rings. The molecule has 0 spiro atoms. The number of nitrogens with zero attached hydrogens (tertiary/aromatic N) is 2. The number of aromatic nitrogens is 2. The average molecular weight is 342 g/mol. The molecule has 1 N–H and O–H groups in total. The summed E-state index contributed by atoms with van der Waals surface area (Å²) in [4.78, 5) is 12.4. The minimum atomic E-state index is -0.255. The van der Waals surface area contributed by atoms with Gasteiger partial charge in [0.25, 0.3) is 0 Å². The number of benzene rings is 1. The number of carbonyl (C=O) groups is 1. The molecule has 0 bridgehead atoms. The van der Waals surface area contributed by atoms with Crippen LogP contribution >= 0.6 is 34.7 Å². The Morgan fingerprint density at radius 2 is 2.10 bits per heavy atom. The predicted molar refractivity (Wildman–Crippen MR) is 89.5 cm³/mol. The van der Waals surface area contributed by atoms with Crippen molar-refractivity contribution in [3.63, 3.8) is 0 Å². The molecule has 7 heteroatoms. The van der Waals surface area contributed by atoms with Crippen molar-refractivity contribution in [2.75, 3.05) is 16.9 Å². The Labute approximate surface area is 137 Å². The Bertz CT molecular complexity index is 586. The summed E-state index contributed by atoms with van der Waals surface area (Å²) in [7, 11) is 0. The average Bonchev–Trinajstić information content (AvgIpc) is 2.93. The summed E-state index contributed by atoms with van der Waals surface area (Å²) in [5, 5.41) is 12.0. The van der Waals surface area contributed by atoms with Crippen molar-refractivity contribution in [1.29, 1.82) is 0 Å². The van der Waals surface area contributed by atoms with Gasteiger partial charge in [0.2, 0.25) is 11.0 Å². The Morgan fingerprint density at radius 1 is 1.33 bits per heavy atom. The van der Waals surface area contributed by atoms with Crippen molar-refractivity contribution in [3.05, 3.63) is 34.8 Å². The molecule has 0 saturated heterocycles. The third-order valence-electron chi connectivity index (χ3n) is 2.66. The van der Waals surface area contributed by atoms with Gasteiger partial charge >= 0.3 is 0 Å². The molecule has 0 unspecified atom stereocenters. The van der Waals surface area contributed by atoms with E-state index in [1.54, 1.807) is 0 Å². The summed E-state index contributed by atoms with van der Waals surface area (Å²) in [6.45, 7) is 2.09. The van der Waals surface area contributed by atoms with Crippen LogP contribution in [-0.2, 0) is 11.2 Å². The van der Waals surface area contributed by atoms with Gasteiger partial charge in [-0.15, -0.1) is 33.6 Å². The minimum Gasteiger partial charge on any atom is -0.299 e. The number of halogens is 1. The maximum atomic E-state index is 11.1. The van der Waals surface area contributed by atoms with Gasteiger partial charge in [0.1, 0.15) is 10.9 Å². The zero-order valence-corrected chi connectivity index (χ0v) is 14.0. The van der Waals surface area contributed by atoms with E-state index in [4.69, 9.17) is 11.6 Å². The first-order chi connectivity index (χ1) is 10.2. The smallest absolute Gasteiger partial charge is 0.241 e. The van der Waals surface area contributed by atoms with Crippen molar-refractivity contribution in [3.8, 4) is 0 Å². The van der Waals surface area contributed by atoms with E-state index in [1.165, 1.54) is 21.8 Å². The van der Waals surface area contributed by atoms with E-state index >= 15 is 0 Å². The second-order valence-corrected chi connectivity index (χ2v) is 6.95. The number of rotatable bonds is 7. The quantitative estimate of drug-likeness (QED) is 0.473. The number of anilines is 1. The lowest BCUT2D eigenvalue weighted by atomic mass is 10.2. The molecular weight excluding hydrogens is 326 g/mol. The highest BCUT2D eigenvalue weighted by Gasteiger charge is 2.07. The maximum absolute atomic E-state index is 11.1. The monoisotopic (exact) mass is 341 g/mol. The molecule has 0 aliphatic rings. The van der Waals surface area contributed by atoms with Crippen LogP contribution in [0.25, 0.3) is 0 Å². The van der Waals surface area contributed by atoms with Crippen molar-refractivity contribution in [2.24, 2.45) is 0 Å². The van der Waals surface area contributed by atoms with E-state index < -0.39 is 0 Å². The Kier molecular flexibility index (Phi) is 6.48. The van der Waals surface area contributed by atoms with Crippen LogP contribution in [-0.4, -0.2) is 27.7 Å². The van der Waals surface area contributed by atoms with Crippen LogP contribution in [0.1, 0.15) is 17.0 Å². The van der Waals surface area contributed by atoms with Crippen LogP contribution in [0.3, 0.4) is 0 Å². The van der Waals surface area contributed by atoms with Crippen LogP contribution < -0.4 is 5.32 Å². The number of hydrogen-bond donors (Lipinski definition) is 1. The molecule has 0 aliphatic heterocycles. The summed E-state index contributed by atoms with van der Waals surface area (Å²) >= 11 is 8.66. The molecule has 0 saturated carbocycles. The molecule has 1 amide bonds. The van der Waals surface area contributed by atoms with Gasteiger partial charge in [0, 0.05) is 11.3 Å². The summed E-state index contributed by atoms with van der Waals surface area (Å²) in [6.07, 6.45) is 1.89. The van der Waals surface area contributed by atoms with E-state index in [0.717, 1.165) is 23.6 Å². The summed E-state index contributed by atoms with van der Waals surface area (Å²) in [5.74, 6) is 0.711. The molecule has 1 aromatic heterocycles. The lowest BCUT2D eigenvalue weighted by molar-refractivity contribution is -0.113. The molecular formula is C14H16ClN3OS2. The third-order valence-corrected chi connectivity index (χ3v) is 4.90. The normalized spacial score (nSPS) is 10.6. The third kappa shape index (κ3) is 5.65. The Morgan fingerprint density at radius 3 is 2.81 bits per heavy atom. The highest BCUT2D eigenvalue weighted by atomic mass is 35.5. The number of alkyl halides is 1. The van der Waals surface area contributed by atoms with E-state index in [1.807, 2.05) is 11.8 Å². The van der Waals surface area contributed by atoms with Crippen molar-refractivity contribution in [1.82, 2.24) is 10.2 Å². The van der Waals surface area contributed by atoms with Gasteiger partial charge in [0.15, 0.2) is 0 Å². The van der Waals surface area contributed by atoms with Gasteiger partial charge in [-0.3, -0.25) is 10.1 Å². The van der Waals surface area contributed by atoms with Crippen LogP contribution in [0, 0.1) is 6.92 Å². The van der Waals surface area contributed by atoms with Crippen molar-refractivity contribution in [2.45, 2.75) is 24.7 Å². The highest BCUT2D eigenvalue weighted by molar-refractivity contribution is 7.99. The summed E-state index contributed by atoms with van der Waals surface area (Å²) < 4.78 is 0. The van der Waals surface area contributed by atoms with Crippen molar-refractivity contribution < 1.29 is 4.79 Å². The number of hydrogen-bond acceptors (Lipinski definition) is 5.